The van der Waals surface area contributed by atoms with Crippen LogP contribution in [0, 0.1) is 12.7 Å². The Morgan fingerprint density at radius 1 is 1.26 bits per heavy atom. The lowest BCUT2D eigenvalue weighted by molar-refractivity contribution is 0.0468. The van der Waals surface area contributed by atoms with Crippen LogP contribution in [0.4, 0.5) is 4.39 Å². The van der Waals surface area contributed by atoms with Gasteiger partial charge >= 0.3 is 5.97 Å². The van der Waals surface area contributed by atoms with Crippen molar-refractivity contribution in [1.82, 2.24) is 0 Å². The van der Waals surface area contributed by atoms with Gasteiger partial charge in [0.1, 0.15) is 12.4 Å². The number of ether oxygens (including phenoxy) is 1. The molecule has 0 atom stereocenters. The summed E-state index contributed by atoms with van der Waals surface area (Å²) in [5.74, 6) is -1.27. The van der Waals surface area contributed by atoms with Gasteiger partial charge in [0.15, 0.2) is 0 Å². The van der Waals surface area contributed by atoms with Crippen LogP contribution < -0.4 is 5.14 Å². The number of nitrogens with two attached hydrogens (primary N) is 1. The van der Waals surface area contributed by atoms with E-state index < -0.39 is 21.8 Å². The standard InChI is InChI=1S/C15H13BrFNO4S/c1-9-2-5-12(23(18,20)21)7-13(9)15(19)22-8-10-3-4-11(16)6-14(10)17/h2-7H,8H2,1H3,(H2,18,20,21). The highest BCUT2D eigenvalue weighted by molar-refractivity contribution is 9.10. The smallest absolute Gasteiger partial charge is 0.338 e. The molecule has 0 bridgehead atoms. The van der Waals surface area contributed by atoms with E-state index in [2.05, 4.69) is 15.9 Å². The molecule has 0 saturated heterocycles. The Kier molecular flexibility index (Phi) is 5.18. The van der Waals surface area contributed by atoms with Crippen LogP contribution in [-0.4, -0.2) is 14.4 Å². The maximum Gasteiger partial charge on any atom is 0.338 e. The summed E-state index contributed by atoms with van der Waals surface area (Å²) in [6.07, 6.45) is 0. The predicted octanol–water partition coefficient (Wildman–Crippen LogP) is 2.90. The molecule has 2 aromatic rings. The fraction of sp³-hybridized carbons (Fsp3) is 0.133. The molecular weight excluding hydrogens is 389 g/mol. The van der Waals surface area contributed by atoms with Crippen LogP contribution in [0.15, 0.2) is 45.8 Å². The molecule has 0 aromatic heterocycles. The second kappa shape index (κ2) is 6.77. The van der Waals surface area contributed by atoms with Gasteiger partial charge in [-0.25, -0.2) is 22.7 Å². The molecule has 0 fully saturated rings. The number of hydrogen-bond acceptors (Lipinski definition) is 4. The van der Waals surface area contributed by atoms with Crippen LogP contribution in [0.5, 0.6) is 0 Å². The van der Waals surface area contributed by atoms with Crippen LogP contribution in [0.1, 0.15) is 21.5 Å². The fourth-order valence-corrected chi connectivity index (χ4v) is 2.73. The molecule has 0 aliphatic carbocycles. The highest BCUT2D eigenvalue weighted by atomic mass is 79.9. The number of primary sulfonamides is 1. The normalized spacial score (nSPS) is 11.3. The van der Waals surface area contributed by atoms with Gasteiger partial charge in [0.05, 0.1) is 10.5 Å². The van der Waals surface area contributed by atoms with Crippen molar-refractivity contribution in [3.8, 4) is 0 Å². The average Bonchev–Trinajstić information content (AvgIpc) is 2.45. The Morgan fingerprint density at radius 3 is 2.57 bits per heavy atom. The molecule has 0 aliphatic rings. The minimum absolute atomic E-state index is 0.0639. The van der Waals surface area contributed by atoms with Crippen molar-refractivity contribution in [3.05, 3.63) is 63.4 Å². The Balaban J connectivity index is 2.21. The second-order valence-corrected chi connectivity index (χ2v) is 7.31. The predicted molar refractivity (Wildman–Crippen MR) is 85.8 cm³/mol. The molecule has 8 heteroatoms. The minimum atomic E-state index is -3.93. The number of carbonyl (C=O) groups excluding carboxylic acids is 1. The SMILES string of the molecule is Cc1ccc(S(N)(=O)=O)cc1C(=O)OCc1ccc(Br)cc1F. The van der Waals surface area contributed by atoms with Crippen LogP contribution >= 0.6 is 15.9 Å². The van der Waals surface area contributed by atoms with E-state index in [4.69, 9.17) is 9.88 Å². The Hall–Kier alpha value is -1.77. The maximum atomic E-state index is 13.7. The third-order valence-corrected chi connectivity index (χ3v) is 4.54. The summed E-state index contributed by atoms with van der Waals surface area (Å²) in [5, 5.41) is 5.04. The molecule has 0 heterocycles. The lowest BCUT2D eigenvalue weighted by Crippen LogP contribution is -2.14. The first-order valence-corrected chi connectivity index (χ1v) is 8.77. The molecule has 2 aromatic carbocycles. The van der Waals surface area contributed by atoms with Crippen molar-refractivity contribution in [1.29, 1.82) is 0 Å². The van der Waals surface area contributed by atoms with Crippen molar-refractivity contribution < 1.29 is 22.3 Å². The summed E-state index contributed by atoms with van der Waals surface area (Å²) in [6.45, 7) is 1.36. The number of halogens is 2. The first kappa shape index (κ1) is 17.6. The number of benzene rings is 2. The third kappa shape index (κ3) is 4.37. The van der Waals surface area contributed by atoms with Gasteiger partial charge in [-0.2, -0.15) is 0 Å². The van der Waals surface area contributed by atoms with Gasteiger partial charge < -0.3 is 4.74 Å². The molecule has 122 valence electrons. The summed E-state index contributed by atoms with van der Waals surface area (Å²) in [4.78, 5) is 11.9. The summed E-state index contributed by atoms with van der Waals surface area (Å²) in [6, 6.07) is 8.27. The zero-order valence-electron chi connectivity index (χ0n) is 12.0. The first-order chi connectivity index (χ1) is 10.7. The van der Waals surface area contributed by atoms with Crippen LogP contribution in [0.25, 0.3) is 0 Å². The van der Waals surface area contributed by atoms with Crippen molar-refractivity contribution in [2.45, 2.75) is 18.4 Å². The Labute approximate surface area is 141 Å². The van der Waals surface area contributed by atoms with E-state index in [0.717, 1.165) is 6.07 Å². The molecular formula is C15H13BrFNO4S. The molecule has 0 saturated carbocycles. The van der Waals surface area contributed by atoms with Gasteiger partial charge in [-0.05, 0) is 36.8 Å². The van der Waals surface area contributed by atoms with E-state index in [1.807, 2.05) is 0 Å². The van der Waals surface area contributed by atoms with Crippen LogP contribution in [-0.2, 0) is 21.4 Å². The van der Waals surface area contributed by atoms with Gasteiger partial charge in [0.2, 0.25) is 10.0 Å². The number of hydrogen-bond donors (Lipinski definition) is 1. The van der Waals surface area contributed by atoms with E-state index in [1.54, 1.807) is 13.0 Å². The number of esters is 1. The number of rotatable bonds is 4. The quantitative estimate of drug-likeness (QED) is 0.797. The highest BCUT2D eigenvalue weighted by Gasteiger charge is 2.16. The van der Waals surface area contributed by atoms with Crippen molar-refractivity contribution in [2.24, 2.45) is 5.14 Å². The summed E-state index contributed by atoms with van der Waals surface area (Å²) in [7, 11) is -3.93. The number of sulfonamides is 1. The van der Waals surface area contributed by atoms with Crippen molar-refractivity contribution in [2.75, 3.05) is 0 Å². The van der Waals surface area contributed by atoms with E-state index in [1.165, 1.54) is 24.3 Å². The van der Waals surface area contributed by atoms with Gasteiger partial charge in [-0.3, -0.25) is 0 Å². The summed E-state index contributed by atoms with van der Waals surface area (Å²) >= 11 is 3.13. The molecule has 0 aliphatic heterocycles. The summed E-state index contributed by atoms with van der Waals surface area (Å²) in [5.41, 5.74) is 0.800. The van der Waals surface area contributed by atoms with Crippen molar-refractivity contribution >= 4 is 31.9 Å². The molecule has 0 unspecified atom stereocenters. The molecule has 0 spiro atoms. The fourth-order valence-electron chi connectivity index (χ4n) is 1.86. The van der Waals surface area contributed by atoms with Crippen LogP contribution in [0.2, 0.25) is 0 Å². The van der Waals surface area contributed by atoms with E-state index in [0.29, 0.717) is 10.0 Å². The molecule has 5 nitrogen and oxygen atoms in total. The minimum Gasteiger partial charge on any atom is -0.457 e. The molecule has 0 radical (unpaired) electrons. The number of carbonyl (C=O) groups is 1. The molecule has 2 N–H and O–H groups in total. The van der Waals surface area contributed by atoms with Crippen LogP contribution in [0.3, 0.4) is 0 Å². The van der Waals surface area contributed by atoms with Gasteiger partial charge in [-0.1, -0.05) is 28.1 Å². The Morgan fingerprint density at radius 2 is 1.96 bits per heavy atom. The van der Waals surface area contributed by atoms with Gasteiger partial charge in [0, 0.05) is 10.0 Å². The van der Waals surface area contributed by atoms with Gasteiger partial charge in [0.25, 0.3) is 0 Å². The highest BCUT2D eigenvalue weighted by Crippen LogP contribution is 2.19. The summed E-state index contributed by atoms with van der Waals surface area (Å²) < 4.78 is 42.0. The van der Waals surface area contributed by atoms with E-state index in [-0.39, 0.29) is 22.6 Å². The number of aryl methyl sites for hydroxylation is 1. The Bertz CT molecular complexity index is 868. The monoisotopic (exact) mass is 401 g/mol. The average molecular weight is 402 g/mol. The lowest BCUT2D eigenvalue weighted by atomic mass is 10.1. The van der Waals surface area contributed by atoms with E-state index in [9.17, 15) is 17.6 Å². The molecule has 23 heavy (non-hydrogen) atoms. The third-order valence-electron chi connectivity index (χ3n) is 3.13. The second-order valence-electron chi connectivity index (χ2n) is 4.83. The topological polar surface area (TPSA) is 86.5 Å². The van der Waals surface area contributed by atoms with E-state index >= 15 is 0 Å². The zero-order chi connectivity index (χ0) is 17.2. The largest absolute Gasteiger partial charge is 0.457 e. The molecule has 0 amide bonds. The van der Waals surface area contributed by atoms with Crippen molar-refractivity contribution in [3.63, 3.8) is 0 Å². The molecule has 2 rings (SSSR count). The lowest BCUT2D eigenvalue weighted by Gasteiger charge is -2.09. The zero-order valence-corrected chi connectivity index (χ0v) is 14.4. The van der Waals surface area contributed by atoms with Gasteiger partial charge in [-0.15, -0.1) is 0 Å². The maximum absolute atomic E-state index is 13.7. The first-order valence-electron chi connectivity index (χ1n) is 6.43.